The molecular weight excluding hydrogens is 393 g/mol. The number of carbonyl (C=O) groups is 2. The molecule has 1 N–H and O–H groups in total. The second-order valence-corrected chi connectivity index (χ2v) is 6.09. The number of nitrogens with zero attached hydrogens (tertiary/aromatic N) is 1. The van der Waals surface area contributed by atoms with Crippen LogP contribution in [0.1, 0.15) is 24.5 Å². The van der Waals surface area contributed by atoms with Crippen LogP contribution in [-0.2, 0) is 26.9 Å². The number of ether oxygens (including phenoxy) is 1. The number of nitro benzene ring substituents is 1. The molecule has 1 amide bonds. The maximum atomic E-state index is 13.2. The summed E-state index contributed by atoms with van der Waals surface area (Å²) in [6.45, 7) is 1.22. The van der Waals surface area contributed by atoms with Gasteiger partial charge < -0.3 is 10.1 Å². The fraction of sp³-hybridized carbons (Fsp3) is 0.263. The molecule has 0 heterocycles. The lowest BCUT2D eigenvalue weighted by molar-refractivity contribution is -0.385. The molecule has 0 aliphatic heterocycles. The standard InChI is InChI=1S/C19H17F3N2O5/c1-12(29-17(25)10-7-13-5-3-2-4-6-13)18(26)23-16-9-8-14(24(27)28)11-15(16)19(20,21)22/h2-6,8-9,11-12H,7,10H2,1H3,(H,23,26)/t12-/m0/s1. The number of nitrogens with one attached hydrogen (secondary N) is 1. The van der Waals surface area contributed by atoms with E-state index >= 15 is 0 Å². The summed E-state index contributed by atoms with van der Waals surface area (Å²) in [6.07, 6.45) is -5.90. The number of benzene rings is 2. The second kappa shape index (κ2) is 9.18. The molecule has 154 valence electrons. The van der Waals surface area contributed by atoms with Crippen LogP contribution in [0, 0.1) is 10.1 Å². The Morgan fingerprint density at radius 3 is 2.41 bits per heavy atom. The predicted octanol–water partition coefficient (Wildman–Crippen LogP) is 4.12. The Balaban J connectivity index is 2.01. The van der Waals surface area contributed by atoms with Gasteiger partial charge in [0, 0.05) is 18.6 Å². The van der Waals surface area contributed by atoms with Gasteiger partial charge in [0.25, 0.3) is 11.6 Å². The first kappa shape index (κ1) is 21.9. The van der Waals surface area contributed by atoms with Crippen LogP contribution in [0.3, 0.4) is 0 Å². The zero-order valence-corrected chi connectivity index (χ0v) is 15.2. The summed E-state index contributed by atoms with van der Waals surface area (Å²) in [4.78, 5) is 33.7. The van der Waals surface area contributed by atoms with Crippen molar-refractivity contribution in [2.75, 3.05) is 5.32 Å². The van der Waals surface area contributed by atoms with Gasteiger partial charge in [-0.3, -0.25) is 19.7 Å². The highest BCUT2D eigenvalue weighted by Crippen LogP contribution is 2.37. The van der Waals surface area contributed by atoms with E-state index in [1.807, 2.05) is 23.5 Å². The van der Waals surface area contributed by atoms with Crippen LogP contribution in [-0.4, -0.2) is 22.9 Å². The molecule has 0 saturated heterocycles. The zero-order valence-electron chi connectivity index (χ0n) is 15.2. The molecule has 10 heteroatoms. The van der Waals surface area contributed by atoms with Crippen molar-refractivity contribution in [3.8, 4) is 0 Å². The molecule has 0 radical (unpaired) electrons. The lowest BCUT2D eigenvalue weighted by atomic mass is 10.1. The van der Waals surface area contributed by atoms with Gasteiger partial charge >= 0.3 is 12.1 Å². The van der Waals surface area contributed by atoms with Crippen molar-refractivity contribution in [3.05, 3.63) is 69.8 Å². The van der Waals surface area contributed by atoms with Gasteiger partial charge in [0.1, 0.15) is 0 Å². The summed E-state index contributed by atoms with van der Waals surface area (Å²) in [5, 5.41) is 12.7. The fourth-order valence-electron chi connectivity index (χ4n) is 2.42. The highest BCUT2D eigenvalue weighted by atomic mass is 19.4. The summed E-state index contributed by atoms with van der Waals surface area (Å²) in [6, 6.07) is 11.0. The minimum absolute atomic E-state index is 0.00698. The Hall–Kier alpha value is -3.43. The largest absolute Gasteiger partial charge is 0.453 e. The molecule has 2 aromatic rings. The summed E-state index contributed by atoms with van der Waals surface area (Å²) in [5.74, 6) is -1.67. The van der Waals surface area contributed by atoms with E-state index in [9.17, 15) is 32.9 Å². The van der Waals surface area contributed by atoms with Gasteiger partial charge in [-0.2, -0.15) is 13.2 Å². The normalized spacial score (nSPS) is 12.1. The third-order valence-corrected chi connectivity index (χ3v) is 3.92. The lowest BCUT2D eigenvalue weighted by Gasteiger charge is -2.17. The average Bonchev–Trinajstić information content (AvgIpc) is 2.66. The first-order valence-corrected chi connectivity index (χ1v) is 8.48. The molecule has 0 aromatic heterocycles. The van der Waals surface area contributed by atoms with Crippen LogP contribution in [0.15, 0.2) is 48.5 Å². The molecule has 1 atom stereocenters. The van der Waals surface area contributed by atoms with Gasteiger partial charge in [0.15, 0.2) is 6.10 Å². The topological polar surface area (TPSA) is 98.5 Å². The number of carbonyl (C=O) groups excluding carboxylic acids is 2. The quantitative estimate of drug-likeness (QED) is 0.421. The third-order valence-electron chi connectivity index (χ3n) is 3.92. The van der Waals surface area contributed by atoms with Crippen LogP contribution in [0.2, 0.25) is 0 Å². The van der Waals surface area contributed by atoms with Gasteiger partial charge in [-0.1, -0.05) is 30.3 Å². The van der Waals surface area contributed by atoms with Gasteiger partial charge in [-0.05, 0) is 25.0 Å². The van der Waals surface area contributed by atoms with E-state index in [0.29, 0.717) is 12.5 Å². The minimum atomic E-state index is -4.93. The molecule has 0 spiro atoms. The van der Waals surface area contributed by atoms with Crippen molar-refractivity contribution in [3.63, 3.8) is 0 Å². The van der Waals surface area contributed by atoms with E-state index in [2.05, 4.69) is 0 Å². The van der Waals surface area contributed by atoms with Crippen molar-refractivity contribution >= 4 is 23.3 Å². The molecule has 0 unspecified atom stereocenters. The van der Waals surface area contributed by atoms with E-state index in [0.717, 1.165) is 17.7 Å². The smallest absolute Gasteiger partial charge is 0.418 e. The molecule has 0 bridgehead atoms. The lowest BCUT2D eigenvalue weighted by Crippen LogP contribution is -2.30. The molecule has 2 aromatic carbocycles. The van der Waals surface area contributed by atoms with Gasteiger partial charge in [-0.25, -0.2) is 0 Å². The Labute approximate surface area is 163 Å². The summed E-state index contributed by atoms with van der Waals surface area (Å²) < 4.78 is 44.4. The van der Waals surface area contributed by atoms with Crippen LogP contribution in [0.4, 0.5) is 24.5 Å². The Morgan fingerprint density at radius 1 is 1.17 bits per heavy atom. The van der Waals surface area contributed by atoms with Crippen LogP contribution >= 0.6 is 0 Å². The minimum Gasteiger partial charge on any atom is -0.453 e. The number of non-ortho nitro benzene ring substituents is 1. The summed E-state index contributed by atoms with van der Waals surface area (Å²) in [5.41, 5.74) is -1.92. The van der Waals surface area contributed by atoms with Crippen LogP contribution in [0.25, 0.3) is 0 Å². The number of amides is 1. The predicted molar refractivity (Wildman–Crippen MR) is 97.0 cm³/mol. The number of alkyl halides is 3. The van der Waals surface area contributed by atoms with Crippen LogP contribution in [0.5, 0.6) is 0 Å². The molecule has 7 nitrogen and oxygen atoms in total. The second-order valence-electron chi connectivity index (χ2n) is 6.09. The number of anilines is 1. The van der Waals surface area contributed by atoms with Crippen molar-refractivity contribution in [1.29, 1.82) is 0 Å². The Morgan fingerprint density at radius 2 is 1.83 bits per heavy atom. The van der Waals surface area contributed by atoms with Crippen molar-refractivity contribution in [1.82, 2.24) is 0 Å². The molecule has 29 heavy (non-hydrogen) atoms. The molecule has 0 saturated carbocycles. The van der Waals surface area contributed by atoms with E-state index in [1.54, 1.807) is 12.1 Å². The van der Waals surface area contributed by atoms with Crippen molar-refractivity contribution in [2.24, 2.45) is 0 Å². The van der Waals surface area contributed by atoms with E-state index in [-0.39, 0.29) is 6.42 Å². The van der Waals surface area contributed by atoms with Gasteiger partial charge in [0.05, 0.1) is 16.2 Å². The van der Waals surface area contributed by atoms with Gasteiger partial charge in [-0.15, -0.1) is 0 Å². The SMILES string of the molecule is C[C@H](OC(=O)CCc1ccccc1)C(=O)Nc1ccc([N+](=O)[O-])cc1C(F)(F)F. The molecule has 0 aliphatic rings. The maximum Gasteiger partial charge on any atom is 0.418 e. The Bertz CT molecular complexity index is 900. The zero-order chi connectivity index (χ0) is 21.6. The van der Waals surface area contributed by atoms with Crippen molar-refractivity contribution < 1.29 is 32.4 Å². The molecule has 0 aliphatic carbocycles. The maximum absolute atomic E-state index is 13.2. The van der Waals surface area contributed by atoms with E-state index in [1.165, 1.54) is 6.92 Å². The first-order valence-electron chi connectivity index (χ1n) is 8.48. The van der Waals surface area contributed by atoms with E-state index < -0.39 is 46.0 Å². The van der Waals surface area contributed by atoms with Gasteiger partial charge in [0.2, 0.25) is 0 Å². The number of hydrogen-bond donors (Lipinski definition) is 1. The molecular formula is C19H17F3N2O5. The monoisotopic (exact) mass is 410 g/mol. The number of halogens is 3. The molecule has 0 fully saturated rings. The Kier molecular flexibility index (Phi) is 6.92. The number of rotatable bonds is 7. The summed E-state index contributed by atoms with van der Waals surface area (Å²) in [7, 11) is 0. The highest BCUT2D eigenvalue weighted by molar-refractivity contribution is 5.96. The van der Waals surface area contributed by atoms with Crippen molar-refractivity contribution in [2.45, 2.75) is 32.0 Å². The fourth-order valence-corrected chi connectivity index (χ4v) is 2.42. The summed E-state index contributed by atoms with van der Waals surface area (Å²) >= 11 is 0. The number of esters is 1. The first-order chi connectivity index (χ1) is 13.6. The highest BCUT2D eigenvalue weighted by Gasteiger charge is 2.36. The van der Waals surface area contributed by atoms with E-state index in [4.69, 9.17) is 4.74 Å². The molecule has 2 rings (SSSR count). The number of aryl methyl sites for hydroxylation is 1. The average molecular weight is 410 g/mol. The third kappa shape index (κ3) is 6.30. The number of nitro groups is 1. The van der Waals surface area contributed by atoms with Crippen LogP contribution < -0.4 is 5.32 Å². The number of hydrogen-bond acceptors (Lipinski definition) is 5.